The standard InChI is InChI=1S/C19H20N4O.ClH/c1-13-7-8-18-21-14(10-19(24)23(18)11-13)12-22-9-3-4-15-16(20)5-2-6-17(15)22;/h2,5-8,10-11H,3-4,9,12,20H2,1H3;1H. The number of rotatable bonds is 2. The van der Waals surface area contributed by atoms with E-state index in [1.807, 2.05) is 37.4 Å². The lowest BCUT2D eigenvalue weighted by molar-refractivity contribution is 0.684. The van der Waals surface area contributed by atoms with Gasteiger partial charge in [0.05, 0.1) is 12.2 Å². The lowest BCUT2D eigenvalue weighted by atomic mass is 10.00. The number of fused-ring (bicyclic) bond motifs is 2. The summed E-state index contributed by atoms with van der Waals surface area (Å²) >= 11 is 0. The predicted molar refractivity (Wildman–Crippen MR) is 104 cm³/mol. The highest BCUT2D eigenvalue weighted by atomic mass is 35.5. The van der Waals surface area contributed by atoms with Crippen LogP contribution in [0.25, 0.3) is 5.65 Å². The van der Waals surface area contributed by atoms with Crippen LogP contribution in [0.15, 0.2) is 47.4 Å². The molecule has 6 heteroatoms. The molecule has 0 fully saturated rings. The van der Waals surface area contributed by atoms with Gasteiger partial charge in [0.2, 0.25) is 0 Å². The zero-order valence-electron chi connectivity index (χ0n) is 14.1. The first kappa shape index (κ1) is 17.3. The summed E-state index contributed by atoms with van der Waals surface area (Å²) in [6, 6.07) is 11.5. The van der Waals surface area contributed by atoms with Crippen LogP contribution in [0.5, 0.6) is 0 Å². The minimum atomic E-state index is -0.0384. The number of pyridine rings is 1. The van der Waals surface area contributed by atoms with E-state index in [4.69, 9.17) is 5.73 Å². The van der Waals surface area contributed by atoms with Crippen molar-refractivity contribution in [3.05, 3.63) is 69.8 Å². The molecule has 1 aromatic carbocycles. The monoisotopic (exact) mass is 356 g/mol. The van der Waals surface area contributed by atoms with Crippen molar-refractivity contribution in [2.24, 2.45) is 0 Å². The summed E-state index contributed by atoms with van der Waals surface area (Å²) in [5.41, 5.74) is 11.8. The Hall–Kier alpha value is -2.53. The average molecular weight is 357 g/mol. The molecule has 0 radical (unpaired) electrons. The summed E-state index contributed by atoms with van der Waals surface area (Å²) in [4.78, 5) is 19.3. The minimum absolute atomic E-state index is 0. The van der Waals surface area contributed by atoms with Gasteiger partial charge in [-0.1, -0.05) is 12.1 Å². The summed E-state index contributed by atoms with van der Waals surface area (Å²) in [7, 11) is 0. The Morgan fingerprint density at radius 3 is 2.92 bits per heavy atom. The number of aromatic nitrogens is 2. The van der Waals surface area contributed by atoms with Crippen molar-refractivity contribution in [2.75, 3.05) is 17.2 Å². The van der Waals surface area contributed by atoms with Gasteiger partial charge in [-0.15, -0.1) is 12.4 Å². The van der Waals surface area contributed by atoms with Crippen molar-refractivity contribution in [3.63, 3.8) is 0 Å². The van der Waals surface area contributed by atoms with Crippen LogP contribution in [0.1, 0.15) is 23.2 Å². The number of hydrogen-bond donors (Lipinski definition) is 1. The summed E-state index contributed by atoms with van der Waals surface area (Å²) in [6.07, 6.45) is 3.89. The second-order valence-corrected chi connectivity index (χ2v) is 6.39. The van der Waals surface area contributed by atoms with Crippen LogP contribution in [-0.4, -0.2) is 15.9 Å². The second-order valence-electron chi connectivity index (χ2n) is 6.39. The van der Waals surface area contributed by atoms with Gasteiger partial charge < -0.3 is 10.6 Å². The van der Waals surface area contributed by atoms with Gasteiger partial charge >= 0.3 is 0 Å². The van der Waals surface area contributed by atoms with Crippen LogP contribution >= 0.6 is 12.4 Å². The van der Waals surface area contributed by atoms with Crippen molar-refractivity contribution in [1.29, 1.82) is 0 Å². The maximum absolute atomic E-state index is 12.4. The van der Waals surface area contributed by atoms with Crippen molar-refractivity contribution in [2.45, 2.75) is 26.3 Å². The molecule has 0 saturated heterocycles. The molecule has 25 heavy (non-hydrogen) atoms. The van der Waals surface area contributed by atoms with E-state index in [0.29, 0.717) is 12.2 Å². The molecule has 0 saturated carbocycles. The fourth-order valence-corrected chi connectivity index (χ4v) is 3.43. The molecule has 1 aliphatic rings. The van der Waals surface area contributed by atoms with Gasteiger partial charge in [0.15, 0.2) is 0 Å². The number of anilines is 2. The van der Waals surface area contributed by atoms with E-state index in [-0.39, 0.29) is 18.0 Å². The summed E-state index contributed by atoms with van der Waals surface area (Å²) in [5.74, 6) is 0. The van der Waals surface area contributed by atoms with Crippen LogP contribution in [0.4, 0.5) is 11.4 Å². The van der Waals surface area contributed by atoms with Crippen LogP contribution in [0, 0.1) is 6.92 Å². The third-order valence-electron chi connectivity index (χ3n) is 4.60. The van der Waals surface area contributed by atoms with E-state index in [1.54, 1.807) is 10.5 Å². The first-order valence-electron chi connectivity index (χ1n) is 8.23. The molecule has 0 amide bonds. The Balaban J connectivity index is 0.00000182. The highest BCUT2D eigenvalue weighted by Gasteiger charge is 2.19. The van der Waals surface area contributed by atoms with Crippen molar-refractivity contribution in [3.8, 4) is 0 Å². The van der Waals surface area contributed by atoms with Gasteiger partial charge in [0, 0.05) is 30.2 Å². The van der Waals surface area contributed by atoms with Crippen LogP contribution < -0.4 is 16.2 Å². The molecule has 4 rings (SSSR count). The molecule has 0 unspecified atom stereocenters. The topological polar surface area (TPSA) is 63.6 Å². The number of benzene rings is 1. The fraction of sp³-hybridized carbons (Fsp3) is 0.263. The molecule has 0 bridgehead atoms. The first-order valence-corrected chi connectivity index (χ1v) is 8.23. The number of halogens is 1. The lowest BCUT2D eigenvalue weighted by Crippen LogP contribution is -2.30. The number of aryl methyl sites for hydroxylation is 1. The van der Waals surface area contributed by atoms with Gasteiger partial charge in [-0.2, -0.15) is 0 Å². The summed E-state index contributed by atoms with van der Waals surface area (Å²) in [5, 5.41) is 0. The Morgan fingerprint density at radius 1 is 1.24 bits per heavy atom. The zero-order valence-corrected chi connectivity index (χ0v) is 14.9. The molecule has 2 N–H and O–H groups in total. The molecular weight excluding hydrogens is 336 g/mol. The molecule has 1 aliphatic heterocycles. The number of nitrogens with two attached hydrogens (primary N) is 1. The molecular formula is C19H21ClN4O. The van der Waals surface area contributed by atoms with E-state index < -0.39 is 0 Å². The Morgan fingerprint density at radius 2 is 2.08 bits per heavy atom. The van der Waals surface area contributed by atoms with Crippen LogP contribution in [0.2, 0.25) is 0 Å². The summed E-state index contributed by atoms with van der Waals surface area (Å²) < 4.78 is 1.60. The zero-order chi connectivity index (χ0) is 16.7. The molecule has 0 atom stereocenters. The Kier molecular flexibility index (Phi) is 4.68. The van der Waals surface area contributed by atoms with Crippen molar-refractivity contribution >= 4 is 29.4 Å². The lowest BCUT2D eigenvalue weighted by Gasteiger charge is -2.31. The second kappa shape index (κ2) is 6.76. The highest BCUT2D eigenvalue weighted by Crippen LogP contribution is 2.31. The maximum atomic E-state index is 12.4. The first-order chi connectivity index (χ1) is 11.6. The van der Waals surface area contributed by atoms with Gasteiger partial charge in [-0.3, -0.25) is 9.20 Å². The minimum Gasteiger partial charge on any atom is -0.398 e. The normalized spacial score (nSPS) is 13.4. The molecule has 0 spiro atoms. The smallest absolute Gasteiger partial charge is 0.258 e. The van der Waals surface area contributed by atoms with Gasteiger partial charge in [-0.05, 0) is 49.1 Å². The third kappa shape index (κ3) is 3.20. The predicted octanol–water partition coefficient (Wildman–Crippen LogP) is 2.96. The number of nitrogens with zero attached hydrogens (tertiary/aromatic N) is 3. The number of hydrogen-bond acceptors (Lipinski definition) is 4. The molecule has 5 nitrogen and oxygen atoms in total. The largest absolute Gasteiger partial charge is 0.398 e. The number of nitrogen functional groups attached to an aromatic ring is 1. The molecule has 3 aromatic rings. The Bertz CT molecular complexity index is 983. The third-order valence-corrected chi connectivity index (χ3v) is 4.60. The van der Waals surface area contributed by atoms with Crippen molar-refractivity contribution in [1.82, 2.24) is 9.38 Å². The van der Waals surface area contributed by atoms with E-state index in [2.05, 4.69) is 16.0 Å². The van der Waals surface area contributed by atoms with E-state index >= 15 is 0 Å². The van der Waals surface area contributed by atoms with Gasteiger partial charge in [0.25, 0.3) is 5.56 Å². The Labute approximate surface area is 152 Å². The van der Waals surface area contributed by atoms with Crippen LogP contribution in [0.3, 0.4) is 0 Å². The SMILES string of the molecule is Cc1ccc2nc(CN3CCCc4c(N)cccc43)cc(=O)n2c1.Cl. The quantitative estimate of drug-likeness (QED) is 0.717. The fourth-order valence-electron chi connectivity index (χ4n) is 3.43. The van der Waals surface area contributed by atoms with Crippen molar-refractivity contribution < 1.29 is 0 Å². The molecule has 0 aliphatic carbocycles. The molecule has 2 aromatic heterocycles. The molecule has 3 heterocycles. The van der Waals surface area contributed by atoms with E-state index in [0.717, 1.165) is 42.0 Å². The van der Waals surface area contributed by atoms with E-state index in [1.165, 1.54) is 5.56 Å². The highest BCUT2D eigenvalue weighted by molar-refractivity contribution is 5.85. The maximum Gasteiger partial charge on any atom is 0.258 e. The summed E-state index contributed by atoms with van der Waals surface area (Å²) in [6.45, 7) is 3.54. The molecule has 130 valence electrons. The van der Waals surface area contributed by atoms with Gasteiger partial charge in [-0.25, -0.2) is 4.98 Å². The van der Waals surface area contributed by atoms with Crippen LogP contribution in [-0.2, 0) is 13.0 Å². The average Bonchev–Trinajstić information content (AvgIpc) is 2.57. The van der Waals surface area contributed by atoms with E-state index in [9.17, 15) is 4.79 Å². The van der Waals surface area contributed by atoms with Gasteiger partial charge in [0.1, 0.15) is 5.65 Å².